The molecule has 11 heavy (non-hydrogen) atoms. The number of rotatable bonds is 1. The van der Waals surface area contributed by atoms with Crippen molar-refractivity contribution in [3.05, 3.63) is 32.2 Å². The summed E-state index contributed by atoms with van der Waals surface area (Å²) in [5.74, 6) is 0. The Morgan fingerprint density at radius 3 is 2.64 bits per heavy atom. The Balaban J connectivity index is 2.45. The summed E-state index contributed by atoms with van der Waals surface area (Å²) in [7, 11) is 0. The van der Waals surface area contributed by atoms with Crippen LogP contribution in [0.15, 0.2) is 15.2 Å². The summed E-state index contributed by atoms with van der Waals surface area (Å²) in [6, 6.07) is 0. The van der Waals surface area contributed by atoms with Crippen LogP contribution >= 0.6 is 27.3 Å². The largest absolute Gasteiger partial charge is 0.305 e. The van der Waals surface area contributed by atoms with Crippen LogP contribution < -0.4 is 0 Å². The number of halogens is 1. The van der Waals surface area contributed by atoms with Gasteiger partial charge in [0.2, 0.25) is 0 Å². The molecule has 1 nitrogen and oxygen atoms in total. The zero-order valence-electron chi connectivity index (χ0n) is 5.80. The Hall–Kier alpha value is -0.330. The first-order chi connectivity index (χ1) is 5.28. The first kappa shape index (κ1) is 7.33. The summed E-state index contributed by atoms with van der Waals surface area (Å²) in [6.45, 7) is 7.05. The quantitative estimate of drug-likeness (QED) is 0.648. The van der Waals surface area contributed by atoms with Crippen LogP contribution in [0.2, 0.25) is 0 Å². The highest BCUT2D eigenvalue weighted by Crippen LogP contribution is 2.52. The highest BCUT2D eigenvalue weighted by Gasteiger charge is 2.53. The first-order valence-corrected chi connectivity index (χ1v) is 5.13. The third kappa shape index (κ3) is 1.02. The van der Waals surface area contributed by atoms with E-state index in [4.69, 9.17) is 6.57 Å². The Kier molecular flexibility index (Phi) is 1.55. The van der Waals surface area contributed by atoms with Crippen molar-refractivity contribution in [2.45, 2.75) is 18.4 Å². The Bertz CT molecular complexity index is 319. The maximum Gasteiger partial charge on any atom is 0.260 e. The molecule has 0 aromatic carbocycles. The van der Waals surface area contributed by atoms with Crippen molar-refractivity contribution in [3.8, 4) is 0 Å². The molecule has 1 aromatic heterocycles. The fourth-order valence-corrected chi connectivity index (χ4v) is 2.93. The second kappa shape index (κ2) is 2.33. The smallest absolute Gasteiger partial charge is 0.260 e. The molecule has 0 unspecified atom stereocenters. The molecule has 0 bridgehead atoms. The van der Waals surface area contributed by atoms with Crippen molar-refractivity contribution in [2.75, 3.05) is 0 Å². The van der Waals surface area contributed by atoms with E-state index in [9.17, 15) is 0 Å². The van der Waals surface area contributed by atoms with Gasteiger partial charge >= 0.3 is 0 Å². The van der Waals surface area contributed by atoms with Gasteiger partial charge in [-0.25, -0.2) is 6.57 Å². The first-order valence-electron chi connectivity index (χ1n) is 3.39. The van der Waals surface area contributed by atoms with Crippen molar-refractivity contribution in [1.29, 1.82) is 0 Å². The fourth-order valence-electron chi connectivity index (χ4n) is 1.17. The van der Waals surface area contributed by atoms with E-state index < -0.39 is 0 Å². The van der Waals surface area contributed by atoms with Crippen LogP contribution in [0.1, 0.15) is 18.4 Å². The molecule has 0 saturated heterocycles. The van der Waals surface area contributed by atoms with Gasteiger partial charge in [0.05, 0.1) is 5.56 Å². The van der Waals surface area contributed by atoms with Gasteiger partial charge in [0.15, 0.2) is 0 Å². The standard InChI is InChI=1S/C8H6BrNS/c1-10-8(2-3-8)6-4-11-5-7(6)9/h4-5H,2-3H2. The monoisotopic (exact) mass is 227 g/mol. The molecule has 1 aromatic rings. The minimum absolute atomic E-state index is 0.140. The molecule has 1 heterocycles. The number of hydrogen-bond acceptors (Lipinski definition) is 1. The van der Waals surface area contributed by atoms with Crippen LogP contribution in [0, 0.1) is 6.57 Å². The molecule has 0 N–H and O–H groups in total. The molecule has 0 spiro atoms. The Morgan fingerprint density at radius 1 is 1.55 bits per heavy atom. The van der Waals surface area contributed by atoms with Gasteiger partial charge in [-0.05, 0) is 15.9 Å². The van der Waals surface area contributed by atoms with Crippen molar-refractivity contribution >= 4 is 27.3 Å². The second-order valence-corrected chi connectivity index (χ2v) is 4.37. The summed E-state index contributed by atoms with van der Waals surface area (Å²) < 4.78 is 1.11. The van der Waals surface area contributed by atoms with Crippen LogP contribution in [-0.2, 0) is 5.54 Å². The maximum absolute atomic E-state index is 7.05. The molecule has 3 heteroatoms. The highest BCUT2D eigenvalue weighted by atomic mass is 79.9. The van der Waals surface area contributed by atoms with Crippen LogP contribution in [0.4, 0.5) is 0 Å². The lowest BCUT2D eigenvalue weighted by molar-refractivity contribution is 0.885. The molecule has 1 saturated carbocycles. The van der Waals surface area contributed by atoms with E-state index in [1.807, 2.05) is 5.38 Å². The average Bonchev–Trinajstić information content (AvgIpc) is 2.70. The molecule has 1 aliphatic carbocycles. The van der Waals surface area contributed by atoms with Crippen LogP contribution in [0.25, 0.3) is 4.85 Å². The summed E-state index contributed by atoms with van der Waals surface area (Å²) in [5.41, 5.74) is 1.05. The van der Waals surface area contributed by atoms with Gasteiger partial charge in [-0.15, -0.1) is 0 Å². The summed E-state index contributed by atoms with van der Waals surface area (Å²) in [6.07, 6.45) is 2.07. The van der Waals surface area contributed by atoms with E-state index in [1.54, 1.807) is 11.3 Å². The van der Waals surface area contributed by atoms with Crippen molar-refractivity contribution in [3.63, 3.8) is 0 Å². The molecule has 1 aliphatic rings. The van der Waals surface area contributed by atoms with Crippen LogP contribution in [0.3, 0.4) is 0 Å². The SMILES string of the molecule is [C-]#[N+]C1(c2cscc2Br)CC1. The summed E-state index contributed by atoms with van der Waals surface area (Å²) in [4.78, 5) is 3.66. The normalized spacial score (nSPS) is 19.3. The van der Waals surface area contributed by atoms with Gasteiger partial charge in [-0.1, -0.05) is 0 Å². The molecule has 2 rings (SSSR count). The van der Waals surface area contributed by atoms with Gasteiger partial charge in [0.25, 0.3) is 5.54 Å². The number of nitrogens with zero attached hydrogens (tertiary/aromatic N) is 1. The van der Waals surface area contributed by atoms with Gasteiger partial charge in [0.1, 0.15) is 0 Å². The van der Waals surface area contributed by atoms with E-state index in [1.165, 1.54) is 5.56 Å². The average molecular weight is 228 g/mol. The third-order valence-electron chi connectivity index (χ3n) is 2.05. The van der Waals surface area contributed by atoms with E-state index in [-0.39, 0.29) is 5.54 Å². The van der Waals surface area contributed by atoms with Gasteiger partial charge in [-0.2, -0.15) is 11.3 Å². The summed E-state index contributed by atoms with van der Waals surface area (Å²) in [5, 5.41) is 4.12. The van der Waals surface area contributed by atoms with Gasteiger partial charge < -0.3 is 4.85 Å². The molecule has 1 fully saturated rings. The molecule has 0 radical (unpaired) electrons. The lowest BCUT2D eigenvalue weighted by Gasteiger charge is -1.97. The van der Waals surface area contributed by atoms with Gasteiger partial charge in [-0.3, -0.25) is 0 Å². The highest BCUT2D eigenvalue weighted by molar-refractivity contribution is 9.10. The lowest BCUT2D eigenvalue weighted by atomic mass is 10.1. The van der Waals surface area contributed by atoms with E-state index in [0.29, 0.717) is 0 Å². The lowest BCUT2D eigenvalue weighted by Crippen LogP contribution is -1.97. The number of hydrogen-bond donors (Lipinski definition) is 0. The summed E-state index contributed by atoms with van der Waals surface area (Å²) >= 11 is 5.11. The number of thiophene rings is 1. The molecular formula is C8H6BrNS. The molecule has 0 aliphatic heterocycles. The van der Waals surface area contributed by atoms with Crippen LogP contribution in [0.5, 0.6) is 0 Å². The zero-order chi connectivity index (χ0) is 7.90. The predicted octanol–water partition coefficient (Wildman–Crippen LogP) is 3.42. The third-order valence-corrected chi connectivity index (χ3v) is 3.76. The maximum atomic E-state index is 7.05. The molecule has 0 atom stereocenters. The Labute approximate surface area is 78.0 Å². The Morgan fingerprint density at radius 2 is 2.27 bits per heavy atom. The fraction of sp³-hybridized carbons (Fsp3) is 0.375. The van der Waals surface area contributed by atoms with Gasteiger partial charge in [0, 0.05) is 28.1 Å². The van der Waals surface area contributed by atoms with Crippen LogP contribution in [-0.4, -0.2) is 0 Å². The van der Waals surface area contributed by atoms with Crippen molar-refractivity contribution in [2.24, 2.45) is 0 Å². The predicted molar refractivity (Wildman–Crippen MR) is 49.5 cm³/mol. The minimum Gasteiger partial charge on any atom is -0.305 e. The second-order valence-electron chi connectivity index (χ2n) is 2.78. The topological polar surface area (TPSA) is 4.36 Å². The van der Waals surface area contributed by atoms with Crippen molar-refractivity contribution in [1.82, 2.24) is 0 Å². The van der Waals surface area contributed by atoms with E-state index in [2.05, 4.69) is 26.2 Å². The van der Waals surface area contributed by atoms with E-state index in [0.717, 1.165) is 17.3 Å². The molecular weight excluding hydrogens is 222 g/mol. The zero-order valence-corrected chi connectivity index (χ0v) is 8.20. The van der Waals surface area contributed by atoms with E-state index >= 15 is 0 Å². The molecule has 56 valence electrons. The minimum atomic E-state index is -0.140. The van der Waals surface area contributed by atoms with Crippen molar-refractivity contribution < 1.29 is 0 Å². The molecule has 0 amide bonds.